The number of nitrogens with zero attached hydrogens (tertiary/aromatic N) is 1. The lowest BCUT2D eigenvalue weighted by Gasteiger charge is -2.19. The van der Waals surface area contributed by atoms with Crippen LogP contribution in [-0.4, -0.2) is 29.7 Å². The third kappa shape index (κ3) is 4.15. The van der Waals surface area contributed by atoms with Crippen molar-refractivity contribution in [3.8, 4) is 16.9 Å². The van der Waals surface area contributed by atoms with Gasteiger partial charge in [-0.15, -0.1) is 0 Å². The maximum absolute atomic E-state index is 12.6. The van der Waals surface area contributed by atoms with Gasteiger partial charge in [0.05, 0.1) is 19.8 Å². The van der Waals surface area contributed by atoms with Crippen LogP contribution in [0.15, 0.2) is 67.0 Å². The van der Waals surface area contributed by atoms with E-state index in [1.165, 1.54) is 0 Å². The molecule has 138 valence electrons. The van der Waals surface area contributed by atoms with Crippen LogP contribution >= 0.6 is 0 Å². The lowest BCUT2D eigenvalue weighted by molar-refractivity contribution is 0.0915. The van der Waals surface area contributed by atoms with Gasteiger partial charge in [-0.05, 0) is 47.9 Å². The van der Waals surface area contributed by atoms with Crippen molar-refractivity contribution >= 4 is 5.91 Å². The minimum Gasteiger partial charge on any atom is -0.496 e. The van der Waals surface area contributed by atoms with Crippen molar-refractivity contribution in [3.63, 3.8) is 0 Å². The third-order valence-corrected chi connectivity index (χ3v) is 4.48. The highest BCUT2D eigenvalue weighted by atomic mass is 16.5. The molecule has 3 aromatic rings. The molecule has 0 radical (unpaired) electrons. The third-order valence-electron chi connectivity index (χ3n) is 4.48. The predicted molar refractivity (Wildman–Crippen MR) is 105 cm³/mol. The van der Waals surface area contributed by atoms with E-state index in [0.717, 1.165) is 22.3 Å². The highest BCUT2D eigenvalue weighted by molar-refractivity contribution is 5.95. The number of carbonyl (C=O) groups is 1. The molecule has 1 unspecified atom stereocenters. The van der Waals surface area contributed by atoms with Crippen molar-refractivity contribution in [3.05, 3.63) is 83.7 Å². The molecular weight excluding hydrogens is 340 g/mol. The molecule has 0 spiro atoms. The van der Waals surface area contributed by atoms with Crippen LogP contribution in [0, 0.1) is 6.92 Å². The van der Waals surface area contributed by atoms with Gasteiger partial charge in [-0.3, -0.25) is 9.78 Å². The van der Waals surface area contributed by atoms with Crippen LogP contribution in [0.5, 0.6) is 5.75 Å². The molecule has 27 heavy (non-hydrogen) atoms. The Morgan fingerprint density at radius 3 is 2.56 bits per heavy atom. The van der Waals surface area contributed by atoms with Crippen molar-refractivity contribution in [1.82, 2.24) is 10.3 Å². The van der Waals surface area contributed by atoms with Crippen LogP contribution in [0.4, 0.5) is 0 Å². The van der Waals surface area contributed by atoms with E-state index < -0.39 is 6.04 Å². The summed E-state index contributed by atoms with van der Waals surface area (Å²) in [5.74, 6) is 0.373. The Balaban J connectivity index is 1.78. The maximum atomic E-state index is 12.6. The fourth-order valence-corrected chi connectivity index (χ4v) is 3.02. The number of hydrogen-bond donors (Lipinski definition) is 2. The molecule has 0 saturated carbocycles. The van der Waals surface area contributed by atoms with Crippen LogP contribution in [-0.2, 0) is 0 Å². The Labute approximate surface area is 158 Å². The van der Waals surface area contributed by atoms with Gasteiger partial charge in [-0.2, -0.15) is 0 Å². The second kappa shape index (κ2) is 8.47. The minimum atomic E-state index is -0.546. The zero-order chi connectivity index (χ0) is 19.2. The normalized spacial score (nSPS) is 11.7. The molecular formula is C22H22N2O3. The number of amides is 1. The zero-order valence-electron chi connectivity index (χ0n) is 15.3. The number of para-hydroxylation sites is 1. The Kier molecular flexibility index (Phi) is 5.84. The number of aliphatic hydroxyl groups is 1. The summed E-state index contributed by atoms with van der Waals surface area (Å²) in [5.41, 5.74) is 4.44. The molecule has 2 aromatic carbocycles. The van der Waals surface area contributed by atoms with Gasteiger partial charge in [-0.25, -0.2) is 0 Å². The van der Waals surface area contributed by atoms with Gasteiger partial charge in [0.15, 0.2) is 0 Å². The summed E-state index contributed by atoms with van der Waals surface area (Å²) >= 11 is 0. The number of benzene rings is 2. The molecule has 3 rings (SSSR count). The van der Waals surface area contributed by atoms with E-state index in [0.29, 0.717) is 11.3 Å². The Bertz CT molecular complexity index is 923. The van der Waals surface area contributed by atoms with Crippen LogP contribution < -0.4 is 10.1 Å². The number of aryl methyl sites for hydroxylation is 1. The molecule has 0 aliphatic heterocycles. The molecule has 0 bridgehead atoms. The SMILES string of the molecule is COc1ccccc1C(CO)NC(=O)c1ccc(-c2ccncc2C)cc1. The monoisotopic (exact) mass is 362 g/mol. The van der Waals surface area contributed by atoms with Gasteiger partial charge in [-0.1, -0.05) is 30.3 Å². The fourth-order valence-electron chi connectivity index (χ4n) is 3.02. The van der Waals surface area contributed by atoms with Crippen molar-refractivity contribution in [2.45, 2.75) is 13.0 Å². The number of aromatic nitrogens is 1. The zero-order valence-corrected chi connectivity index (χ0v) is 15.3. The van der Waals surface area contributed by atoms with Gasteiger partial charge in [0.2, 0.25) is 0 Å². The number of hydrogen-bond acceptors (Lipinski definition) is 4. The van der Waals surface area contributed by atoms with E-state index >= 15 is 0 Å². The van der Waals surface area contributed by atoms with E-state index in [-0.39, 0.29) is 12.5 Å². The van der Waals surface area contributed by atoms with Crippen LogP contribution in [0.2, 0.25) is 0 Å². The Morgan fingerprint density at radius 1 is 1.15 bits per heavy atom. The number of methoxy groups -OCH3 is 1. The van der Waals surface area contributed by atoms with Crippen molar-refractivity contribution in [2.24, 2.45) is 0 Å². The molecule has 5 nitrogen and oxygen atoms in total. The van der Waals surface area contributed by atoms with E-state index in [2.05, 4.69) is 10.3 Å². The van der Waals surface area contributed by atoms with E-state index in [9.17, 15) is 9.90 Å². The van der Waals surface area contributed by atoms with Crippen LogP contribution in [0.1, 0.15) is 27.5 Å². The van der Waals surface area contributed by atoms with Crippen LogP contribution in [0.25, 0.3) is 11.1 Å². The predicted octanol–water partition coefficient (Wildman–Crippen LogP) is 3.53. The van der Waals surface area contributed by atoms with Gasteiger partial charge >= 0.3 is 0 Å². The summed E-state index contributed by atoms with van der Waals surface area (Å²) in [6.45, 7) is 1.78. The van der Waals surface area contributed by atoms with Crippen LogP contribution in [0.3, 0.4) is 0 Å². The number of rotatable bonds is 6. The van der Waals surface area contributed by atoms with Gasteiger partial charge in [0.1, 0.15) is 5.75 Å². The summed E-state index contributed by atoms with van der Waals surface area (Å²) < 4.78 is 5.32. The summed E-state index contributed by atoms with van der Waals surface area (Å²) in [6.07, 6.45) is 3.57. The highest BCUT2D eigenvalue weighted by Crippen LogP contribution is 2.26. The number of pyridine rings is 1. The summed E-state index contributed by atoms with van der Waals surface area (Å²) in [7, 11) is 1.56. The quantitative estimate of drug-likeness (QED) is 0.704. The molecule has 0 aliphatic carbocycles. The van der Waals surface area contributed by atoms with Gasteiger partial charge < -0.3 is 15.2 Å². The first-order valence-electron chi connectivity index (χ1n) is 8.69. The molecule has 1 amide bonds. The Hall–Kier alpha value is -3.18. The van der Waals surface area contributed by atoms with E-state index in [1.807, 2.05) is 49.5 Å². The molecule has 5 heteroatoms. The number of aliphatic hydroxyl groups excluding tert-OH is 1. The fraction of sp³-hybridized carbons (Fsp3) is 0.182. The average molecular weight is 362 g/mol. The molecule has 1 heterocycles. The first-order chi connectivity index (χ1) is 13.1. The molecule has 0 fully saturated rings. The topological polar surface area (TPSA) is 71.5 Å². The number of ether oxygens (including phenoxy) is 1. The van der Waals surface area contributed by atoms with Crippen molar-refractivity contribution in [1.29, 1.82) is 0 Å². The molecule has 1 atom stereocenters. The first-order valence-corrected chi connectivity index (χ1v) is 8.69. The number of nitrogens with one attached hydrogen (secondary N) is 1. The van der Waals surface area contributed by atoms with Crippen molar-refractivity contribution < 1.29 is 14.6 Å². The summed E-state index contributed by atoms with van der Waals surface area (Å²) in [6, 6.07) is 16.1. The smallest absolute Gasteiger partial charge is 0.251 e. The summed E-state index contributed by atoms with van der Waals surface area (Å²) in [5, 5.41) is 12.6. The second-order valence-electron chi connectivity index (χ2n) is 6.22. The highest BCUT2D eigenvalue weighted by Gasteiger charge is 2.18. The molecule has 0 saturated heterocycles. The minimum absolute atomic E-state index is 0.222. The maximum Gasteiger partial charge on any atom is 0.251 e. The van der Waals surface area contributed by atoms with Gasteiger partial charge in [0.25, 0.3) is 5.91 Å². The van der Waals surface area contributed by atoms with Crippen molar-refractivity contribution in [2.75, 3.05) is 13.7 Å². The molecule has 0 aliphatic rings. The largest absolute Gasteiger partial charge is 0.496 e. The first kappa shape index (κ1) is 18.6. The average Bonchev–Trinajstić information content (AvgIpc) is 2.72. The lowest BCUT2D eigenvalue weighted by Crippen LogP contribution is -2.31. The number of carbonyl (C=O) groups excluding carboxylic acids is 1. The lowest BCUT2D eigenvalue weighted by atomic mass is 10.0. The molecule has 2 N–H and O–H groups in total. The van der Waals surface area contributed by atoms with E-state index in [4.69, 9.17) is 4.74 Å². The summed E-state index contributed by atoms with van der Waals surface area (Å²) in [4.78, 5) is 16.7. The Morgan fingerprint density at radius 2 is 1.89 bits per heavy atom. The van der Waals surface area contributed by atoms with Gasteiger partial charge in [0, 0.05) is 23.5 Å². The second-order valence-corrected chi connectivity index (χ2v) is 6.22. The molecule has 1 aromatic heterocycles. The standard InChI is InChI=1S/C22H22N2O3/c1-15-13-23-12-11-18(15)16-7-9-17(10-8-16)22(26)24-20(14-25)19-5-3-4-6-21(19)27-2/h3-13,20,25H,14H2,1-2H3,(H,24,26). The van der Waals surface area contributed by atoms with E-state index in [1.54, 1.807) is 31.5 Å².